The minimum Gasteiger partial charge on any atom is -0.207 e. The molecule has 0 spiro atoms. The van der Waals surface area contributed by atoms with Gasteiger partial charge < -0.3 is 0 Å². The quantitative estimate of drug-likeness (QED) is 0.583. The molecule has 3 aromatic rings. The van der Waals surface area contributed by atoms with Crippen LogP contribution in [0.3, 0.4) is 0 Å². The zero-order valence-corrected chi connectivity index (χ0v) is 13.0. The standard InChI is InChI=1S/C17H9ClF4N2/c1-8-14(9-2-4-10(19)5-3-9)16(17(18)24-23-8)15-12(21)6-11(20)7-13(15)22/h2-7H,1H3. The van der Waals surface area contributed by atoms with Gasteiger partial charge in [-0.15, -0.1) is 5.10 Å². The summed E-state index contributed by atoms with van der Waals surface area (Å²) in [5.74, 6) is -3.76. The van der Waals surface area contributed by atoms with Gasteiger partial charge in [-0.05, 0) is 24.6 Å². The number of aryl methyl sites for hydroxylation is 1. The summed E-state index contributed by atoms with van der Waals surface area (Å²) >= 11 is 6.03. The maximum atomic E-state index is 14.2. The Hall–Kier alpha value is -2.47. The molecule has 0 N–H and O–H groups in total. The molecule has 2 aromatic carbocycles. The summed E-state index contributed by atoms with van der Waals surface area (Å²) in [6, 6.07) is 6.36. The summed E-state index contributed by atoms with van der Waals surface area (Å²) in [4.78, 5) is 0. The van der Waals surface area contributed by atoms with Crippen LogP contribution < -0.4 is 0 Å². The number of rotatable bonds is 2. The summed E-state index contributed by atoms with van der Waals surface area (Å²) in [6.45, 7) is 1.57. The molecule has 1 heterocycles. The van der Waals surface area contributed by atoms with Crippen molar-refractivity contribution in [1.29, 1.82) is 0 Å². The molecular formula is C17H9ClF4N2. The molecule has 0 aliphatic heterocycles. The number of hydrogen-bond donors (Lipinski definition) is 0. The molecule has 0 atom stereocenters. The molecule has 0 amide bonds. The van der Waals surface area contributed by atoms with Gasteiger partial charge in [-0.3, -0.25) is 0 Å². The predicted molar refractivity (Wildman–Crippen MR) is 82.5 cm³/mol. The smallest absolute Gasteiger partial charge is 0.160 e. The molecule has 24 heavy (non-hydrogen) atoms. The highest BCUT2D eigenvalue weighted by atomic mass is 35.5. The fraction of sp³-hybridized carbons (Fsp3) is 0.0588. The molecular weight excluding hydrogens is 344 g/mol. The summed E-state index contributed by atoms with van der Waals surface area (Å²) in [5, 5.41) is 7.28. The van der Waals surface area contributed by atoms with E-state index in [1.165, 1.54) is 24.3 Å². The van der Waals surface area contributed by atoms with Gasteiger partial charge in [0, 0.05) is 23.3 Å². The van der Waals surface area contributed by atoms with Crippen molar-refractivity contribution in [3.63, 3.8) is 0 Å². The van der Waals surface area contributed by atoms with Crippen LogP contribution >= 0.6 is 11.6 Å². The Morgan fingerprint density at radius 1 is 0.750 bits per heavy atom. The topological polar surface area (TPSA) is 25.8 Å². The van der Waals surface area contributed by atoms with Crippen LogP contribution in [-0.4, -0.2) is 10.2 Å². The van der Waals surface area contributed by atoms with Crippen LogP contribution in [0.5, 0.6) is 0 Å². The molecule has 122 valence electrons. The van der Waals surface area contributed by atoms with Crippen LogP contribution in [-0.2, 0) is 0 Å². The fourth-order valence-corrected chi connectivity index (χ4v) is 2.71. The molecule has 7 heteroatoms. The molecule has 2 nitrogen and oxygen atoms in total. The Bertz CT molecular complexity index is 904. The number of nitrogens with zero attached hydrogens (tertiary/aromatic N) is 2. The third-order valence-electron chi connectivity index (χ3n) is 3.50. The number of halogens is 5. The van der Waals surface area contributed by atoms with Crippen LogP contribution in [0.1, 0.15) is 5.69 Å². The molecule has 0 saturated heterocycles. The second-order valence-electron chi connectivity index (χ2n) is 5.08. The monoisotopic (exact) mass is 352 g/mol. The molecule has 3 rings (SSSR count). The van der Waals surface area contributed by atoms with E-state index < -0.39 is 28.8 Å². The highest BCUT2D eigenvalue weighted by Gasteiger charge is 2.23. The molecule has 0 radical (unpaired) electrons. The SMILES string of the molecule is Cc1nnc(Cl)c(-c2c(F)cc(F)cc2F)c1-c1ccc(F)cc1. The first kappa shape index (κ1) is 16.4. The number of aromatic nitrogens is 2. The van der Waals surface area contributed by atoms with Crippen molar-refractivity contribution in [2.24, 2.45) is 0 Å². The Balaban J connectivity index is 2.37. The third-order valence-corrected chi connectivity index (χ3v) is 3.76. The Morgan fingerprint density at radius 2 is 1.33 bits per heavy atom. The molecule has 0 saturated carbocycles. The van der Waals surface area contributed by atoms with Crippen LogP contribution in [0.25, 0.3) is 22.3 Å². The predicted octanol–water partition coefficient (Wildman–Crippen LogP) is 5.33. The van der Waals surface area contributed by atoms with Crippen molar-refractivity contribution in [3.05, 3.63) is 70.5 Å². The molecule has 0 bridgehead atoms. The minimum atomic E-state index is -1.12. The van der Waals surface area contributed by atoms with E-state index in [4.69, 9.17) is 11.6 Å². The summed E-state index contributed by atoms with van der Waals surface area (Å²) in [5.41, 5.74) is 0.497. The minimum absolute atomic E-state index is 0.0641. The van der Waals surface area contributed by atoms with Gasteiger partial charge in [0.1, 0.15) is 23.3 Å². The fourth-order valence-electron chi connectivity index (χ4n) is 2.48. The van der Waals surface area contributed by atoms with E-state index in [1.807, 2.05) is 0 Å². The highest BCUT2D eigenvalue weighted by Crippen LogP contribution is 2.40. The van der Waals surface area contributed by atoms with Crippen molar-refractivity contribution in [1.82, 2.24) is 10.2 Å². The largest absolute Gasteiger partial charge is 0.207 e. The zero-order chi connectivity index (χ0) is 17.4. The second kappa shape index (κ2) is 6.20. The normalized spacial score (nSPS) is 10.9. The van der Waals surface area contributed by atoms with Crippen molar-refractivity contribution in [2.75, 3.05) is 0 Å². The van der Waals surface area contributed by atoms with Crippen molar-refractivity contribution >= 4 is 11.6 Å². The van der Waals surface area contributed by atoms with Gasteiger partial charge in [0.15, 0.2) is 5.15 Å². The van der Waals surface area contributed by atoms with Gasteiger partial charge in [-0.25, -0.2) is 17.6 Å². The number of hydrogen-bond acceptors (Lipinski definition) is 2. The molecule has 0 aliphatic carbocycles. The van der Waals surface area contributed by atoms with E-state index >= 15 is 0 Å². The van der Waals surface area contributed by atoms with E-state index in [9.17, 15) is 17.6 Å². The lowest BCUT2D eigenvalue weighted by Gasteiger charge is -2.15. The van der Waals surface area contributed by atoms with Crippen LogP contribution in [0.15, 0.2) is 36.4 Å². The lowest BCUT2D eigenvalue weighted by atomic mass is 9.94. The van der Waals surface area contributed by atoms with E-state index in [2.05, 4.69) is 10.2 Å². The van der Waals surface area contributed by atoms with E-state index in [0.717, 1.165) is 0 Å². The zero-order valence-electron chi connectivity index (χ0n) is 12.2. The summed E-state index contributed by atoms with van der Waals surface area (Å²) < 4.78 is 54.8. The van der Waals surface area contributed by atoms with Crippen LogP contribution in [0, 0.1) is 30.2 Å². The third kappa shape index (κ3) is 2.85. The van der Waals surface area contributed by atoms with Gasteiger partial charge >= 0.3 is 0 Å². The lowest BCUT2D eigenvalue weighted by Crippen LogP contribution is -2.01. The first-order chi connectivity index (χ1) is 11.4. The average Bonchev–Trinajstić information content (AvgIpc) is 2.51. The molecule has 0 aliphatic rings. The van der Waals surface area contributed by atoms with E-state index in [-0.39, 0.29) is 10.7 Å². The molecule has 0 unspecified atom stereocenters. The van der Waals surface area contributed by atoms with Gasteiger partial charge in [0.2, 0.25) is 0 Å². The van der Waals surface area contributed by atoms with Crippen molar-refractivity contribution < 1.29 is 17.6 Å². The average molecular weight is 353 g/mol. The van der Waals surface area contributed by atoms with Gasteiger partial charge in [0.05, 0.1) is 11.3 Å². The molecule has 1 aromatic heterocycles. The van der Waals surface area contributed by atoms with E-state index in [1.54, 1.807) is 6.92 Å². The summed E-state index contributed by atoms with van der Waals surface area (Å²) in [6.07, 6.45) is 0. The van der Waals surface area contributed by atoms with Gasteiger partial charge in [0.25, 0.3) is 0 Å². The maximum absolute atomic E-state index is 14.2. The maximum Gasteiger partial charge on any atom is 0.160 e. The lowest BCUT2D eigenvalue weighted by molar-refractivity contribution is 0.548. The van der Waals surface area contributed by atoms with Crippen LogP contribution in [0.2, 0.25) is 5.15 Å². The number of benzene rings is 2. The summed E-state index contributed by atoms with van der Waals surface area (Å²) in [7, 11) is 0. The highest BCUT2D eigenvalue weighted by molar-refractivity contribution is 6.32. The Kier molecular flexibility index (Phi) is 4.24. The first-order valence-corrected chi connectivity index (χ1v) is 7.20. The van der Waals surface area contributed by atoms with E-state index in [0.29, 0.717) is 29.0 Å². The molecule has 0 fully saturated rings. The van der Waals surface area contributed by atoms with Crippen molar-refractivity contribution in [2.45, 2.75) is 6.92 Å². The van der Waals surface area contributed by atoms with Crippen molar-refractivity contribution in [3.8, 4) is 22.3 Å². The van der Waals surface area contributed by atoms with Crippen LogP contribution in [0.4, 0.5) is 17.6 Å². The second-order valence-corrected chi connectivity index (χ2v) is 5.44. The Morgan fingerprint density at radius 3 is 1.92 bits per heavy atom. The first-order valence-electron chi connectivity index (χ1n) is 6.82. The Labute approximate surface area is 139 Å². The van der Waals surface area contributed by atoms with Gasteiger partial charge in [-0.1, -0.05) is 23.7 Å². The van der Waals surface area contributed by atoms with Gasteiger partial charge in [-0.2, -0.15) is 5.10 Å².